The molecule has 0 radical (unpaired) electrons. The Balaban J connectivity index is 0.00000289. The zero-order valence-corrected chi connectivity index (χ0v) is 11.9. The van der Waals surface area contributed by atoms with Gasteiger partial charge in [-0.2, -0.15) is 0 Å². The number of benzene rings is 1. The second-order valence-electron chi connectivity index (χ2n) is 3.62. The Labute approximate surface area is 118 Å². The van der Waals surface area contributed by atoms with Crippen molar-refractivity contribution in [2.24, 2.45) is 5.73 Å². The number of aliphatic hydroxyl groups excluding tert-OH is 1. The second-order valence-corrected chi connectivity index (χ2v) is 4.54. The second kappa shape index (κ2) is 6.89. The van der Waals surface area contributed by atoms with E-state index < -0.39 is 28.5 Å². The van der Waals surface area contributed by atoms with Gasteiger partial charge in [0.15, 0.2) is 5.75 Å². The molecule has 1 aromatic carbocycles. The lowest BCUT2D eigenvalue weighted by Crippen LogP contribution is -2.25. The normalized spacial score (nSPS) is 13.6. The standard InChI is InChI=1S/C10H13BrN2O4.ClH/c1-2-8(14)9(12)6-3-5(11)4-7(10(6)15)13(16)17;/h3-4,8-9,14-15H,2,12H2,1H3;1H/t8-,9+;/m0./s1. The summed E-state index contributed by atoms with van der Waals surface area (Å²) in [4.78, 5) is 10.0. The van der Waals surface area contributed by atoms with Gasteiger partial charge in [-0.1, -0.05) is 22.9 Å². The highest BCUT2D eigenvalue weighted by molar-refractivity contribution is 9.10. The van der Waals surface area contributed by atoms with Crippen molar-refractivity contribution in [1.82, 2.24) is 0 Å². The highest BCUT2D eigenvalue weighted by Crippen LogP contribution is 2.37. The van der Waals surface area contributed by atoms with E-state index in [0.717, 1.165) is 0 Å². The Bertz CT molecular complexity index is 444. The minimum absolute atomic E-state index is 0. The first kappa shape index (κ1) is 17.1. The molecule has 0 saturated carbocycles. The molecule has 18 heavy (non-hydrogen) atoms. The minimum Gasteiger partial charge on any atom is -0.502 e. The van der Waals surface area contributed by atoms with Crippen LogP contribution in [0.3, 0.4) is 0 Å². The zero-order valence-electron chi connectivity index (χ0n) is 9.54. The first-order valence-corrected chi connectivity index (χ1v) is 5.78. The molecule has 0 bridgehead atoms. The summed E-state index contributed by atoms with van der Waals surface area (Å²) in [5, 5.41) is 30.1. The van der Waals surface area contributed by atoms with E-state index >= 15 is 0 Å². The molecule has 0 spiro atoms. The average Bonchev–Trinajstić information content (AvgIpc) is 2.29. The summed E-state index contributed by atoms with van der Waals surface area (Å²) >= 11 is 3.10. The van der Waals surface area contributed by atoms with Crippen LogP contribution in [0.25, 0.3) is 0 Å². The molecule has 2 atom stereocenters. The van der Waals surface area contributed by atoms with Crippen LogP contribution in [0.2, 0.25) is 0 Å². The molecular formula is C10H14BrClN2O4. The van der Waals surface area contributed by atoms with Crippen molar-refractivity contribution in [3.8, 4) is 5.75 Å². The predicted octanol–water partition coefficient (Wildman–Crippen LogP) is 2.26. The fraction of sp³-hybridized carbons (Fsp3) is 0.400. The van der Waals surface area contributed by atoms with Crippen molar-refractivity contribution in [2.75, 3.05) is 0 Å². The van der Waals surface area contributed by atoms with Gasteiger partial charge < -0.3 is 15.9 Å². The van der Waals surface area contributed by atoms with Gasteiger partial charge in [0.05, 0.1) is 17.1 Å². The van der Waals surface area contributed by atoms with E-state index in [1.54, 1.807) is 6.92 Å². The molecule has 1 aromatic rings. The molecule has 1 rings (SSSR count). The van der Waals surface area contributed by atoms with Crippen LogP contribution in [-0.2, 0) is 0 Å². The van der Waals surface area contributed by atoms with Gasteiger partial charge in [0.25, 0.3) is 0 Å². The van der Waals surface area contributed by atoms with E-state index in [4.69, 9.17) is 5.73 Å². The van der Waals surface area contributed by atoms with Crippen LogP contribution < -0.4 is 5.73 Å². The Hall–Kier alpha value is -0.890. The Morgan fingerprint density at radius 3 is 2.56 bits per heavy atom. The Morgan fingerprint density at radius 2 is 2.11 bits per heavy atom. The van der Waals surface area contributed by atoms with Crippen LogP contribution in [0.5, 0.6) is 5.75 Å². The summed E-state index contributed by atoms with van der Waals surface area (Å²) < 4.78 is 0.427. The van der Waals surface area contributed by atoms with E-state index in [-0.39, 0.29) is 18.0 Å². The third-order valence-corrected chi connectivity index (χ3v) is 2.93. The fourth-order valence-electron chi connectivity index (χ4n) is 1.46. The van der Waals surface area contributed by atoms with Gasteiger partial charge in [-0.15, -0.1) is 12.4 Å². The molecule has 0 aliphatic rings. The maximum atomic E-state index is 10.7. The van der Waals surface area contributed by atoms with Crippen molar-refractivity contribution in [1.29, 1.82) is 0 Å². The summed E-state index contributed by atoms with van der Waals surface area (Å²) in [6.45, 7) is 1.73. The van der Waals surface area contributed by atoms with Crippen LogP contribution in [-0.4, -0.2) is 21.2 Å². The van der Waals surface area contributed by atoms with E-state index in [1.165, 1.54) is 12.1 Å². The van der Waals surface area contributed by atoms with Crippen LogP contribution >= 0.6 is 28.3 Å². The number of aliphatic hydroxyl groups is 1. The molecule has 8 heteroatoms. The van der Waals surface area contributed by atoms with Gasteiger partial charge in [0.1, 0.15) is 0 Å². The molecule has 0 aliphatic heterocycles. The van der Waals surface area contributed by atoms with Gasteiger partial charge in [-0.05, 0) is 12.5 Å². The molecule has 102 valence electrons. The van der Waals surface area contributed by atoms with E-state index in [2.05, 4.69) is 15.9 Å². The van der Waals surface area contributed by atoms with Crippen molar-refractivity contribution < 1.29 is 15.1 Å². The van der Waals surface area contributed by atoms with Crippen molar-refractivity contribution >= 4 is 34.0 Å². The molecule has 0 unspecified atom stereocenters. The molecule has 0 aromatic heterocycles. The molecule has 0 heterocycles. The van der Waals surface area contributed by atoms with Crippen LogP contribution in [0.4, 0.5) is 5.69 Å². The summed E-state index contributed by atoms with van der Waals surface area (Å²) in [5.41, 5.74) is 5.45. The Morgan fingerprint density at radius 1 is 1.56 bits per heavy atom. The zero-order chi connectivity index (χ0) is 13.2. The lowest BCUT2D eigenvalue weighted by atomic mass is 9.99. The first-order valence-electron chi connectivity index (χ1n) is 4.98. The number of nitro benzene ring substituents is 1. The lowest BCUT2D eigenvalue weighted by molar-refractivity contribution is -0.386. The van der Waals surface area contributed by atoms with Gasteiger partial charge >= 0.3 is 5.69 Å². The largest absolute Gasteiger partial charge is 0.502 e. The predicted molar refractivity (Wildman–Crippen MR) is 72.9 cm³/mol. The topological polar surface area (TPSA) is 110 Å². The lowest BCUT2D eigenvalue weighted by Gasteiger charge is -2.18. The smallest absolute Gasteiger partial charge is 0.312 e. The average molecular weight is 342 g/mol. The van der Waals surface area contributed by atoms with Gasteiger partial charge in [0.2, 0.25) is 0 Å². The molecule has 0 saturated heterocycles. The number of hydrogen-bond acceptors (Lipinski definition) is 5. The molecular weight excluding hydrogens is 327 g/mol. The number of nitrogens with zero attached hydrogens (tertiary/aromatic N) is 1. The number of phenols is 1. The quantitative estimate of drug-likeness (QED) is 0.575. The molecule has 6 nitrogen and oxygen atoms in total. The first-order chi connectivity index (χ1) is 7.88. The molecule has 0 fully saturated rings. The third kappa shape index (κ3) is 3.55. The molecule has 4 N–H and O–H groups in total. The number of hydrogen-bond donors (Lipinski definition) is 3. The van der Waals surface area contributed by atoms with Crippen molar-refractivity contribution in [2.45, 2.75) is 25.5 Å². The van der Waals surface area contributed by atoms with Crippen molar-refractivity contribution in [3.05, 3.63) is 32.3 Å². The minimum atomic E-state index is -0.866. The van der Waals surface area contributed by atoms with Crippen LogP contribution in [0, 0.1) is 10.1 Å². The summed E-state index contributed by atoms with van der Waals surface area (Å²) in [6, 6.07) is 1.78. The van der Waals surface area contributed by atoms with E-state index in [1.807, 2.05) is 0 Å². The highest BCUT2D eigenvalue weighted by Gasteiger charge is 2.25. The summed E-state index contributed by atoms with van der Waals surface area (Å²) in [7, 11) is 0. The number of nitro groups is 1. The third-order valence-electron chi connectivity index (χ3n) is 2.47. The fourth-order valence-corrected chi connectivity index (χ4v) is 1.92. The number of halogens is 2. The molecule has 0 amide bonds. The summed E-state index contributed by atoms with van der Waals surface area (Å²) in [6.07, 6.45) is -0.476. The Kier molecular flexibility index (Phi) is 6.55. The molecule has 0 aliphatic carbocycles. The maximum Gasteiger partial charge on any atom is 0.312 e. The van der Waals surface area contributed by atoms with Gasteiger partial charge in [0, 0.05) is 16.1 Å². The van der Waals surface area contributed by atoms with E-state index in [9.17, 15) is 20.3 Å². The maximum absolute atomic E-state index is 10.7. The SMILES string of the molecule is CC[C@H](O)[C@H](N)c1cc(Br)cc([N+](=O)[O-])c1O.Cl. The number of phenolic OH excluding ortho intramolecular Hbond substituents is 1. The number of aromatic hydroxyl groups is 1. The monoisotopic (exact) mass is 340 g/mol. The van der Waals surface area contributed by atoms with Crippen molar-refractivity contribution in [3.63, 3.8) is 0 Å². The van der Waals surface area contributed by atoms with Gasteiger partial charge in [-0.3, -0.25) is 10.1 Å². The van der Waals surface area contributed by atoms with Gasteiger partial charge in [-0.25, -0.2) is 0 Å². The van der Waals surface area contributed by atoms with Crippen LogP contribution in [0.15, 0.2) is 16.6 Å². The van der Waals surface area contributed by atoms with Crippen LogP contribution in [0.1, 0.15) is 24.9 Å². The number of nitrogens with two attached hydrogens (primary N) is 1. The number of rotatable bonds is 4. The highest BCUT2D eigenvalue weighted by atomic mass is 79.9. The summed E-state index contributed by atoms with van der Waals surface area (Å²) in [5.74, 6) is -0.502. The van der Waals surface area contributed by atoms with E-state index in [0.29, 0.717) is 10.9 Å².